The number of carbonyl (C=O) groups is 1. The number of para-hydroxylation sites is 1. The molecule has 0 unspecified atom stereocenters. The molecule has 1 amide bonds. The van der Waals surface area contributed by atoms with Crippen molar-refractivity contribution in [3.05, 3.63) is 53.6 Å². The average molecular weight is 271 g/mol. The number of methoxy groups -OCH3 is 2. The van der Waals surface area contributed by atoms with E-state index in [0.717, 1.165) is 11.3 Å². The Morgan fingerprint density at radius 3 is 2.30 bits per heavy atom. The first kappa shape index (κ1) is 13.9. The summed E-state index contributed by atoms with van der Waals surface area (Å²) in [7, 11) is 3.16. The Labute approximate surface area is 118 Å². The monoisotopic (exact) mass is 271 g/mol. The first-order valence-corrected chi connectivity index (χ1v) is 6.24. The van der Waals surface area contributed by atoms with E-state index in [9.17, 15) is 4.79 Å². The molecule has 0 fully saturated rings. The summed E-state index contributed by atoms with van der Waals surface area (Å²) in [4.78, 5) is 12.3. The molecule has 4 heteroatoms. The van der Waals surface area contributed by atoms with Crippen LogP contribution in [0, 0.1) is 6.92 Å². The Morgan fingerprint density at radius 2 is 1.70 bits per heavy atom. The molecule has 104 valence electrons. The van der Waals surface area contributed by atoms with Gasteiger partial charge in [-0.15, -0.1) is 0 Å². The molecule has 0 radical (unpaired) electrons. The fourth-order valence-corrected chi connectivity index (χ4v) is 1.97. The van der Waals surface area contributed by atoms with Crippen LogP contribution in [0.1, 0.15) is 15.9 Å². The second-order valence-corrected chi connectivity index (χ2v) is 4.34. The highest BCUT2D eigenvalue weighted by atomic mass is 16.5. The number of amides is 1. The summed E-state index contributed by atoms with van der Waals surface area (Å²) < 4.78 is 10.4. The predicted octanol–water partition coefficient (Wildman–Crippen LogP) is 3.26. The number of hydrogen-bond acceptors (Lipinski definition) is 3. The van der Waals surface area contributed by atoms with E-state index < -0.39 is 0 Å². The summed E-state index contributed by atoms with van der Waals surface area (Å²) in [6.45, 7) is 1.91. The van der Waals surface area contributed by atoms with Crippen molar-refractivity contribution in [2.24, 2.45) is 0 Å². The number of aryl methyl sites for hydroxylation is 1. The van der Waals surface area contributed by atoms with E-state index in [1.54, 1.807) is 44.6 Å². The van der Waals surface area contributed by atoms with Crippen LogP contribution in [-0.2, 0) is 0 Å². The smallest absolute Gasteiger partial charge is 0.259 e. The van der Waals surface area contributed by atoms with Crippen LogP contribution in [0.2, 0.25) is 0 Å². The summed E-state index contributed by atoms with van der Waals surface area (Å²) in [5, 5.41) is 2.84. The van der Waals surface area contributed by atoms with Crippen LogP contribution in [0.3, 0.4) is 0 Å². The third kappa shape index (κ3) is 2.91. The van der Waals surface area contributed by atoms with E-state index in [1.165, 1.54) is 0 Å². The second-order valence-electron chi connectivity index (χ2n) is 4.34. The fourth-order valence-electron chi connectivity index (χ4n) is 1.97. The standard InChI is InChI=1S/C16H17NO3/c1-11-5-4-6-14(15(11)20-3)16(18)17-12-7-9-13(19-2)10-8-12/h4-10H,1-3H3,(H,17,18). The first-order chi connectivity index (χ1) is 9.65. The van der Waals surface area contributed by atoms with Gasteiger partial charge in [0.2, 0.25) is 0 Å². The zero-order valence-electron chi connectivity index (χ0n) is 11.8. The molecule has 0 saturated heterocycles. The molecule has 0 aliphatic rings. The Kier molecular flexibility index (Phi) is 4.25. The molecule has 2 rings (SSSR count). The van der Waals surface area contributed by atoms with Gasteiger partial charge in [-0.2, -0.15) is 0 Å². The lowest BCUT2D eigenvalue weighted by atomic mass is 10.1. The summed E-state index contributed by atoms with van der Waals surface area (Å²) in [6, 6.07) is 12.7. The maximum absolute atomic E-state index is 12.3. The minimum Gasteiger partial charge on any atom is -0.497 e. The lowest BCUT2D eigenvalue weighted by Gasteiger charge is -2.11. The summed E-state index contributed by atoms with van der Waals surface area (Å²) >= 11 is 0. The minimum absolute atomic E-state index is 0.198. The third-order valence-corrected chi connectivity index (χ3v) is 3.01. The lowest BCUT2D eigenvalue weighted by Crippen LogP contribution is -2.13. The van der Waals surface area contributed by atoms with Crippen LogP contribution in [-0.4, -0.2) is 20.1 Å². The van der Waals surface area contributed by atoms with E-state index in [-0.39, 0.29) is 5.91 Å². The molecule has 0 saturated carbocycles. The van der Waals surface area contributed by atoms with Crippen LogP contribution >= 0.6 is 0 Å². The van der Waals surface area contributed by atoms with Gasteiger partial charge in [0.15, 0.2) is 0 Å². The highest BCUT2D eigenvalue weighted by Gasteiger charge is 2.13. The van der Waals surface area contributed by atoms with Gasteiger partial charge in [0.05, 0.1) is 19.8 Å². The number of anilines is 1. The Balaban J connectivity index is 2.21. The van der Waals surface area contributed by atoms with Crippen molar-refractivity contribution in [3.63, 3.8) is 0 Å². The van der Waals surface area contributed by atoms with E-state index in [0.29, 0.717) is 17.0 Å². The number of rotatable bonds is 4. The van der Waals surface area contributed by atoms with Crippen molar-refractivity contribution >= 4 is 11.6 Å². The first-order valence-electron chi connectivity index (χ1n) is 6.24. The molecular weight excluding hydrogens is 254 g/mol. The molecule has 1 N–H and O–H groups in total. The maximum Gasteiger partial charge on any atom is 0.259 e. The van der Waals surface area contributed by atoms with Crippen LogP contribution in [0.5, 0.6) is 11.5 Å². The van der Waals surface area contributed by atoms with Gasteiger partial charge in [0.1, 0.15) is 11.5 Å². The van der Waals surface area contributed by atoms with Gasteiger partial charge in [-0.05, 0) is 42.8 Å². The van der Waals surface area contributed by atoms with Crippen LogP contribution < -0.4 is 14.8 Å². The Bertz CT molecular complexity index is 606. The number of nitrogens with one attached hydrogen (secondary N) is 1. The van der Waals surface area contributed by atoms with Gasteiger partial charge in [-0.3, -0.25) is 4.79 Å². The number of ether oxygens (including phenoxy) is 2. The molecule has 4 nitrogen and oxygen atoms in total. The normalized spacial score (nSPS) is 9.95. The van der Waals surface area contributed by atoms with E-state index >= 15 is 0 Å². The average Bonchev–Trinajstić information content (AvgIpc) is 2.47. The molecular formula is C16H17NO3. The second kappa shape index (κ2) is 6.10. The zero-order valence-corrected chi connectivity index (χ0v) is 11.8. The van der Waals surface area contributed by atoms with Gasteiger partial charge >= 0.3 is 0 Å². The molecule has 0 heterocycles. The van der Waals surface area contributed by atoms with Crippen molar-refractivity contribution < 1.29 is 14.3 Å². The van der Waals surface area contributed by atoms with Crippen molar-refractivity contribution in [1.82, 2.24) is 0 Å². The molecule has 0 bridgehead atoms. The van der Waals surface area contributed by atoms with Crippen LogP contribution in [0.4, 0.5) is 5.69 Å². The maximum atomic E-state index is 12.3. The molecule has 2 aromatic carbocycles. The quantitative estimate of drug-likeness (QED) is 0.928. The van der Waals surface area contributed by atoms with Gasteiger partial charge in [-0.1, -0.05) is 12.1 Å². The van der Waals surface area contributed by atoms with Gasteiger partial charge in [-0.25, -0.2) is 0 Å². The summed E-state index contributed by atoms with van der Waals surface area (Å²) in [5.74, 6) is 1.14. The highest BCUT2D eigenvalue weighted by Crippen LogP contribution is 2.24. The SMILES string of the molecule is COc1ccc(NC(=O)c2cccc(C)c2OC)cc1. The molecule has 0 spiro atoms. The number of benzene rings is 2. The van der Waals surface area contributed by atoms with E-state index in [4.69, 9.17) is 9.47 Å². The zero-order chi connectivity index (χ0) is 14.5. The topological polar surface area (TPSA) is 47.6 Å². The van der Waals surface area contributed by atoms with E-state index in [1.807, 2.05) is 19.1 Å². The van der Waals surface area contributed by atoms with Gasteiger partial charge in [0.25, 0.3) is 5.91 Å². The van der Waals surface area contributed by atoms with Crippen molar-refractivity contribution in [1.29, 1.82) is 0 Å². The number of carbonyl (C=O) groups excluding carboxylic acids is 1. The molecule has 20 heavy (non-hydrogen) atoms. The lowest BCUT2D eigenvalue weighted by molar-refractivity contribution is 0.102. The molecule has 2 aromatic rings. The molecule has 0 aliphatic carbocycles. The third-order valence-electron chi connectivity index (χ3n) is 3.01. The van der Waals surface area contributed by atoms with E-state index in [2.05, 4.69) is 5.32 Å². The summed E-state index contributed by atoms with van der Waals surface area (Å²) in [5.41, 5.74) is 2.15. The van der Waals surface area contributed by atoms with Gasteiger partial charge < -0.3 is 14.8 Å². The van der Waals surface area contributed by atoms with Crippen molar-refractivity contribution in [3.8, 4) is 11.5 Å². The predicted molar refractivity (Wildman–Crippen MR) is 78.7 cm³/mol. The molecule has 0 aromatic heterocycles. The van der Waals surface area contributed by atoms with Crippen LogP contribution in [0.15, 0.2) is 42.5 Å². The van der Waals surface area contributed by atoms with Crippen molar-refractivity contribution in [2.75, 3.05) is 19.5 Å². The summed E-state index contributed by atoms with van der Waals surface area (Å²) in [6.07, 6.45) is 0. The van der Waals surface area contributed by atoms with Crippen LogP contribution in [0.25, 0.3) is 0 Å². The fraction of sp³-hybridized carbons (Fsp3) is 0.188. The van der Waals surface area contributed by atoms with Crippen molar-refractivity contribution in [2.45, 2.75) is 6.92 Å². The highest BCUT2D eigenvalue weighted by molar-refractivity contribution is 6.06. The number of hydrogen-bond donors (Lipinski definition) is 1. The molecule has 0 atom stereocenters. The van der Waals surface area contributed by atoms with Gasteiger partial charge in [0, 0.05) is 5.69 Å². The Hall–Kier alpha value is -2.49. The minimum atomic E-state index is -0.198. The molecule has 0 aliphatic heterocycles. The largest absolute Gasteiger partial charge is 0.497 e. The Morgan fingerprint density at radius 1 is 1.00 bits per heavy atom.